The molecular weight excluding hydrogens is 340 g/mol. The minimum absolute atomic E-state index is 0.0109. The molecule has 1 N–H and O–H groups in total. The Balaban J connectivity index is 1.59. The largest absolute Gasteiger partial charge is 0.352 e. The highest BCUT2D eigenvalue weighted by molar-refractivity contribution is 5.76. The molecule has 3 rings (SSSR count). The average Bonchev–Trinajstić information content (AvgIpc) is 2.69. The second-order valence-corrected chi connectivity index (χ2v) is 6.44. The smallest absolute Gasteiger partial charge is 0.267 e. The van der Waals surface area contributed by atoms with Crippen molar-refractivity contribution >= 4 is 5.91 Å². The zero-order valence-corrected chi connectivity index (χ0v) is 15.2. The van der Waals surface area contributed by atoms with E-state index in [9.17, 15) is 9.59 Å². The monoisotopic (exact) mass is 362 g/mol. The molecule has 2 aromatic heterocycles. The summed E-state index contributed by atoms with van der Waals surface area (Å²) in [7, 11) is 0. The van der Waals surface area contributed by atoms with Gasteiger partial charge in [-0.1, -0.05) is 30.3 Å². The van der Waals surface area contributed by atoms with Gasteiger partial charge in [-0.05, 0) is 43.5 Å². The molecule has 2 heterocycles. The Morgan fingerprint density at radius 2 is 1.81 bits per heavy atom. The van der Waals surface area contributed by atoms with Crippen molar-refractivity contribution in [2.75, 3.05) is 0 Å². The highest BCUT2D eigenvalue weighted by Gasteiger charge is 2.11. The van der Waals surface area contributed by atoms with Gasteiger partial charge in [-0.15, -0.1) is 0 Å². The minimum Gasteiger partial charge on any atom is -0.352 e. The van der Waals surface area contributed by atoms with Gasteiger partial charge in [-0.25, -0.2) is 4.68 Å². The summed E-state index contributed by atoms with van der Waals surface area (Å²) in [5.41, 5.74) is 2.40. The molecule has 0 saturated carbocycles. The first-order valence-electron chi connectivity index (χ1n) is 8.93. The first-order chi connectivity index (χ1) is 13.1. The van der Waals surface area contributed by atoms with Crippen molar-refractivity contribution in [1.82, 2.24) is 20.1 Å². The van der Waals surface area contributed by atoms with Crippen LogP contribution >= 0.6 is 0 Å². The number of aromatic nitrogens is 3. The molecule has 1 unspecified atom stereocenters. The SMILES string of the molecule is CC(CCc1ccccc1)NC(=O)Cn1nc(-c2ccncc2)ccc1=O. The standard InChI is InChI=1S/C21H22N4O2/c1-16(7-8-17-5-3-2-4-6-17)23-20(26)15-25-21(27)10-9-19(24-25)18-11-13-22-14-12-18/h2-6,9-14,16H,7-8,15H2,1H3,(H,23,26). The normalized spacial score (nSPS) is 11.7. The molecule has 0 saturated heterocycles. The topological polar surface area (TPSA) is 76.9 Å². The number of aryl methyl sites for hydroxylation is 1. The highest BCUT2D eigenvalue weighted by Crippen LogP contribution is 2.13. The van der Waals surface area contributed by atoms with E-state index < -0.39 is 0 Å². The van der Waals surface area contributed by atoms with Crippen LogP contribution in [0.2, 0.25) is 0 Å². The molecule has 0 bridgehead atoms. The molecule has 6 nitrogen and oxygen atoms in total. The van der Waals surface area contributed by atoms with Crippen molar-refractivity contribution in [3.8, 4) is 11.3 Å². The van der Waals surface area contributed by atoms with Crippen LogP contribution in [0, 0.1) is 0 Å². The Bertz CT molecular complexity index is 939. The van der Waals surface area contributed by atoms with Crippen LogP contribution in [0.15, 0.2) is 71.8 Å². The van der Waals surface area contributed by atoms with Gasteiger partial charge in [0.25, 0.3) is 5.56 Å². The molecule has 0 spiro atoms. The number of rotatable bonds is 7. The van der Waals surface area contributed by atoms with Gasteiger partial charge in [0.15, 0.2) is 0 Å². The average molecular weight is 362 g/mol. The summed E-state index contributed by atoms with van der Waals surface area (Å²) >= 11 is 0. The van der Waals surface area contributed by atoms with Crippen molar-refractivity contribution in [3.05, 3.63) is 82.9 Å². The lowest BCUT2D eigenvalue weighted by Gasteiger charge is -2.14. The lowest BCUT2D eigenvalue weighted by molar-refractivity contribution is -0.122. The summed E-state index contributed by atoms with van der Waals surface area (Å²) in [6.45, 7) is 1.86. The quantitative estimate of drug-likeness (QED) is 0.700. The number of carbonyl (C=O) groups is 1. The van der Waals surface area contributed by atoms with Gasteiger partial charge in [0.05, 0.1) is 5.69 Å². The van der Waals surface area contributed by atoms with E-state index in [0.29, 0.717) is 5.69 Å². The van der Waals surface area contributed by atoms with E-state index in [4.69, 9.17) is 0 Å². The Morgan fingerprint density at radius 3 is 2.56 bits per heavy atom. The summed E-state index contributed by atoms with van der Waals surface area (Å²) in [5.74, 6) is -0.225. The maximum absolute atomic E-state index is 12.3. The zero-order chi connectivity index (χ0) is 19.1. The van der Waals surface area contributed by atoms with Gasteiger partial charge < -0.3 is 5.32 Å². The van der Waals surface area contributed by atoms with Crippen LogP contribution in [0.1, 0.15) is 18.9 Å². The van der Waals surface area contributed by atoms with Gasteiger partial charge in [0.2, 0.25) is 5.91 Å². The molecule has 0 fully saturated rings. The molecule has 1 aromatic carbocycles. The summed E-state index contributed by atoms with van der Waals surface area (Å²) in [4.78, 5) is 28.3. The maximum Gasteiger partial charge on any atom is 0.267 e. The van der Waals surface area contributed by atoms with E-state index in [1.54, 1.807) is 18.5 Å². The van der Waals surface area contributed by atoms with Crippen LogP contribution in [-0.2, 0) is 17.8 Å². The van der Waals surface area contributed by atoms with Gasteiger partial charge in [0.1, 0.15) is 6.54 Å². The van der Waals surface area contributed by atoms with E-state index in [-0.39, 0.29) is 24.1 Å². The fraction of sp³-hybridized carbons (Fsp3) is 0.238. The van der Waals surface area contributed by atoms with Crippen molar-refractivity contribution in [2.24, 2.45) is 0 Å². The Labute approximate surface area is 157 Å². The fourth-order valence-corrected chi connectivity index (χ4v) is 2.80. The predicted octanol–water partition coefficient (Wildman–Crippen LogP) is 2.44. The first-order valence-corrected chi connectivity index (χ1v) is 8.93. The van der Waals surface area contributed by atoms with E-state index in [2.05, 4.69) is 27.5 Å². The summed E-state index contributed by atoms with van der Waals surface area (Å²) < 4.78 is 1.19. The van der Waals surface area contributed by atoms with Crippen LogP contribution in [-0.4, -0.2) is 26.7 Å². The molecule has 1 atom stereocenters. The van der Waals surface area contributed by atoms with Crippen LogP contribution in [0.5, 0.6) is 0 Å². The number of benzene rings is 1. The summed E-state index contributed by atoms with van der Waals surface area (Å²) in [6.07, 6.45) is 5.04. The van der Waals surface area contributed by atoms with E-state index >= 15 is 0 Å². The molecule has 0 aliphatic heterocycles. The number of nitrogens with one attached hydrogen (secondary N) is 1. The van der Waals surface area contributed by atoms with Gasteiger partial charge in [-0.3, -0.25) is 14.6 Å². The molecular formula is C21H22N4O2. The minimum atomic E-state index is -0.306. The van der Waals surface area contributed by atoms with E-state index in [0.717, 1.165) is 18.4 Å². The predicted molar refractivity (Wildman–Crippen MR) is 104 cm³/mol. The van der Waals surface area contributed by atoms with Crippen LogP contribution < -0.4 is 10.9 Å². The van der Waals surface area contributed by atoms with Crippen LogP contribution in [0.3, 0.4) is 0 Å². The number of carbonyl (C=O) groups excluding carboxylic acids is 1. The van der Waals surface area contributed by atoms with Crippen molar-refractivity contribution in [3.63, 3.8) is 0 Å². The Hall–Kier alpha value is -3.28. The second kappa shape index (κ2) is 8.89. The zero-order valence-electron chi connectivity index (χ0n) is 15.2. The Morgan fingerprint density at radius 1 is 1.07 bits per heavy atom. The molecule has 138 valence electrons. The van der Waals surface area contributed by atoms with E-state index in [1.165, 1.54) is 16.3 Å². The number of pyridine rings is 1. The van der Waals surface area contributed by atoms with Gasteiger partial charge in [0, 0.05) is 30.1 Å². The molecule has 1 amide bonds. The maximum atomic E-state index is 12.3. The number of nitrogens with zero attached hydrogens (tertiary/aromatic N) is 3. The molecule has 3 aromatic rings. The molecule has 0 aliphatic rings. The number of hydrogen-bond acceptors (Lipinski definition) is 4. The molecule has 6 heteroatoms. The summed E-state index contributed by atoms with van der Waals surface area (Å²) in [5, 5.41) is 7.24. The first kappa shape index (κ1) is 18.5. The Kier molecular flexibility index (Phi) is 6.10. The summed E-state index contributed by atoms with van der Waals surface area (Å²) in [6, 6.07) is 16.8. The van der Waals surface area contributed by atoms with Crippen molar-refractivity contribution in [2.45, 2.75) is 32.4 Å². The molecule has 0 radical (unpaired) electrons. The molecule has 27 heavy (non-hydrogen) atoms. The number of amides is 1. The lowest BCUT2D eigenvalue weighted by Crippen LogP contribution is -2.38. The lowest BCUT2D eigenvalue weighted by atomic mass is 10.1. The van der Waals surface area contributed by atoms with Crippen molar-refractivity contribution < 1.29 is 4.79 Å². The van der Waals surface area contributed by atoms with Gasteiger partial charge in [-0.2, -0.15) is 5.10 Å². The third kappa shape index (κ3) is 5.34. The highest BCUT2D eigenvalue weighted by atomic mass is 16.2. The van der Waals surface area contributed by atoms with Crippen LogP contribution in [0.4, 0.5) is 0 Å². The van der Waals surface area contributed by atoms with E-state index in [1.807, 2.05) is 37.3 Å². The third-order valence-electron chi connectivity index (χ3n) is 4.25. The van der Waals surface area contributed by atoms with Crippen LogP contribution in [0.25, 0.3) is 11.3 Å². The van der Waals surface area contributed by atoms with Crippen molar-refractivity contribution in [1.29, 1.82) is 0 Å². The molecule has 0 aliphatic carbocycles. The fourth-order valence-electron chi connectivity index (χ4n) is 2.80. The number of hydrogen-bond donors (Lipinski definition) is 1. The van der Waals surface area contributed by atoms with Gasteiger partial charge >= 0.3 is 0 Å². The third-order valence-corrected chi connectivity index (χ3v) is 4.25. The second-order valence-electron chi connectivity index (χ2n) is 6.44.